The molecule has 0 aliphatic rings. The van der Waals surface area contributed by atoms with Crippen LogP contribution in [0.2, 0.25) is 0 Å². The van der Waals surface area contributed by atoms with Gasteiger partial charge in [0.1, 0.15) is 5.25 Å². The summed E-state index contributed by atoms with van der Waals surface area (Å²) in [5.41, 5.74) is 1.54. The van der Waals surface area contributed by atoms with Crippen molar-refractivity contribution in [2.24, 2.45) is 0 Å². The number of nitrogens with one attached hydrogen (secondary N) is 2. The van der Waals surface area contributed by atoms with Gasteiger partial charge >= 0.3 is 0 Å². The van der Waals surface area contributed by atoms with Crippen molar-refractivity contribution in [1.29, 1.82) is 0 Å². The molecule has 6 nitrogen and oxygen atoms in total. The van der Waals surface area contributed by atoms with Gasteiger partial charge in [-0.2, -0.15) is 0 Å². The van der Waals surface area contributed by atoms with Crippen LogP contribution in [-0.2, 0) is 4.79 Å². The van der Waals surface area contributed by atoms with Crippen molar-refractivity contribution >= 4 is 45.7 Å². The lowest BCUT2D eigenvalue weighted by atomic mass is 10.1. The van der Waals surface area contributed by atoms with Crippen molar-refractivity contribution in [3.8, 4) is 0 Å². The van der Waals surface area contributed by atoms with Crippen molar-refractivity contribution in [3.05, 3.63) is 95.9 Å². The molecule has 8 heteroatoms. The number of thiazole rings is 1. The smallest absolute Gasteiger partial charge is 0.291 e. The minimum absolute atomic E-state index is 0.142. The number of thioether (sulfide) groups is 1. The van der Waals surface area contributed by atoms with Gasteiger partial charge in [-0.15, -0.1) is 23.1 Å². The van der Waals surface area contributed by atoms with Crippen LogP contribution in [0.5, 0.6) is 0 Å². The second kappa shape index (κ2) is 9.43. The number of aromatic nitrogens is 1. The summed E-state index contributed by atoms with van der Waals surface area (Å²) in [4.78, 5) is 30.0. The fraction of sp³-hybridized carbons (Fsp3) is 0.0455. The second-order valence-corrected chi connectivity index (χ2v) is 8.26. The highest BCUT2D eigenvalue weighted by Gasteiger charge is 2.23. The molecule has 2 N–H and O–H groups in total. The Morgan fingerprint density at radius 1 is 0.967 bits per heavy atom. The van der Waals surface area contributed by atoms with Gasteiger partial charge in [0.05, 0.1) is 6.26 Å². The van der Waals surface area contributed by atoms with E-state index in [-0.39, 0.29) is 17.6 Å². The Morgan fingerprint density at radius 3 is 2.43 bits per heavy atom. The van der Waals surface area contributed by atoms with E-state index in [4.69, 9.17) is 4.42 Å². The highest BCUT2D eigenvalue weighted by atomic mass is 32.2. The van der Waals surface area contributed by atoms with Crippen molar-refractivity contribution in [2.45, 2.75) is 10.1 Å². The number of benzene rings is 2. The zero-order valence-electron chi connectivity index (χ0n) is 15.6. The molecule has 0 saturated carbocycles. The molecular weight excluding hydrogens is 418 g/mol. The summed E-state index contributed by atoms with van der Waals surface area (Å²) in [7, 11) is 0. The van der Waals surface area contributed by atoms with Crippen LogP contribution in [0.1, 0.15) is 21.4 Å². The maximum atomic E-state index is 12.9. The van der Waals surface area contributed by atoms with Gasteiger partial charge in [0, 0.05) is 22.2 Å². The largest absolute Gasteiger partial charge is 0.459 e. The molecule has 4 rings (SSSR count). The van der Waals surface area contributed by atoms with E-state index in [1.807, 2.05) is 47.8 Å². The SMILES string of the molecule is O=C(Nc1ccc(SC(C(=O)Nc2nccs2)c2ccccc2)cc1)c1ccco1. The Labute approximate surface area is 181 Å². The van der Waals surface area contributed by atoms with Crippen LogP contribution < -0.4 is 10.6 Å². The van der Waals surface area contributed by atoms with Gasteiger partial charge in [0.15, 0.2) is 10.9 Å². The van der Waals surface area contributed by atoms with E-state index < -0.39 is 5.25 Å². The topological polar surface area (TPSA) is 84.2 Å². The Hall–Kier alpha value is -3.36. The molecule has 1 atom stereocenters. The van der Waals surface area contributed by atoms with E-state index in [1.165, 1.54) is 29.4 Å². The van der Waals surface area contributed by atoms with Gasteiger partial charge in [-0.05, 0) is 42.0 Å². The lowest BCUT2D eigenvalue weighted by molar-refractivity contribution is -0.115. The van der Waals surface area contributed by atoms with E-state index in [2.05, 4.69) is 15.6 Å². The summed E-state index contributed by atoms with van der Waals surface area (Å²) in [6, 6.07) is 20.2. The summed E-state index contributed by atoms with van der Waals surface area (Å²) in [5.74, 6) is -0.210. The van der Waals surface area contributed by atoms with E-state index in [1.54, 1.807) is 30.5 Å². The van der Waals surface area contributed by atoms with Gasteiger partial charge in [0.2, 0.25) is 5.91 Å². The van der Waals surface area contributed by atoms with Crippen molar-refractivity contribution in [3.63, 3.8) is 0 Å². The van der Waals surface area contributed by atoms with Gasteiger partial charge < -0.3 is 15.1 Å². The highest BCUT2D eigenvalue weighted by Crippen LogP contribution is 2.36. The summed E-state index contributed by atoms with van der Waals surface area (Å²) < 4.78 is 5.10. The predicted octanol–water partition coefficient (Wildman–Crippen LogP) is 5.46. The predicted molar refractivity (Wildman–Crippen MR) is 119 cm³/mol. The molecule has 2 amide bonds. The van der Waals surface area contributed by atoms with E-state index in [0.29, 0.717) is 10.8 Å². The number of furan rings is 1. The molecule has 0 spiro atoms. The zero-order chi connectivity index (χ0) is 20.8. The lowest BCUT2D eigenvalue weighted by Crippen LogP contribution is -2.18. The molecule has 30 heavy (non-hydrogen) atoms. The molecule has 0 bridgehead atoms. The normalized spacial score (nSPS) is 11.6. The first kappa shape index (κ1) is 19.9. The maximum absolute atomic E-state index is 12.9. The summed E-state index contributed by atoms with van der Waals surface area (Å²) >= 11 is 2.81. The number of carbonyl (C=O) groups excluding carboxylic acids is 2. The fourth-order valence-corrected chi connectivity index (χ4v) is 4.27. The highest BCUT2D eigenvalue weighted by molar-refractivity contribution is 8.00. The first-order chi connectivity index (χ1) is 14.7. The summed E-state index contributed by atoms with van der Waals surface area (Å²) in [6.45, 7) is 0. The molecule has 150 valence electrons. The van der Waals surface area contributed by atoms with E-state index >= 15 is 0 Å². The number of amides is 2. The number of anilines is 2. The lowest BCUT2D eigenvalue weighted by Gasteiger charge is -2.16. The van der Waals surface area contributed by atoms with Crippen molar-refractivity contribution in [1.82, 2.24) is 4.98 Å². The Morgan fingerprint density at radius 2 is 1.77 bits per heavy atom. The van der Waals surface area contributed by atoms with Crippen LogP contribution in [0.25, 0.3) is 0 Å². The van der Waals surface area contributed by atoms with Crippen LogP contribution in [-0.4, -0.2) is 16.8 Å². The molecule has 0 aliphatic heterocycles. The number of hydrogen-bond acceptors (Lipinski definition) is 6. The third kappa shape index (κ3) is 4.97. The van der Waals surface area contributed by atoms with Gasteiger partial charge in [-0.25, -0.2) is 4.98 Å². The maximum Gasteiger partial charge on any atom is 0.291 e. The minimum Gasteiger partial charge on any atom is -0.459 e. The summed E-state index contributed by atoms with van der Waals surface area (Å²) in [6.07, 6.45) is 3.11. The Balaban J connectivity index is 1.48. The molecule has 4 aromatic rings. The van der Waals surface area contributed by atoms with Gasteiger partial charge in [-0.1, -0.05) is 30.3 Å². The number of carbonyl (C=O) groups is 2. The molecule has 1 unspecified atom stereocenters. The van der Waals surface area contributed by atoms with Crippen LogP contribution >= 0.6 is 23.1 Å². The molecule has 0 fully saturated rings. The quantitative estimate of drug-likeness (QED) is 0.377. The zero-order valence-corrected chi connectivity index (χ0v) is 17.3. The fourth-order valence-electron chi connectivity index (χ4n) is 2.71. The van der Waals surface area contributed by atoms with Crippen LogP contribution in [0.4, 0.5) is 10.8 Å². The Kier molecular flexibility index (Phi) is 6.26. The average Bonchev–Trinajstić information content (AvgIpc) is 3.48. The number of rotatable bonds is 7. The molecule has 0 radical (unpaired) electrons. The minimum atomic E-state index is -0.446. The average molecular weight is 436 g/mol. The number of hydrogen-bond donors (Lipinski definition) is 2. The molecular formula is C22H17N3O3S2. The first-order valence-corrected chi connectivity index (χ1v) is 10.8. The van der Waals surface area contributed by atoms with Gasteiger partial charge in [0.25, 0.3) is 5.91 Å². The first-order valence-electron chi connectivity index (χ1n) is 9.06. The van der Waals surface area contributed by atoms with Crippen molar-refractivity contribution < 1.29 is 14.0 Å². The van der Waals surface area contributed by atoms with Crippen LogP contribution in [0.15, 0.2) is 93.9 Å². The molecule has 0 aliphatic carbocycles. The Bertz CT molecular complexity index is 1100. The molecule has 2 heterocycles. The van der Waals surface area contributed by atoms with E-state index in [0.717, 1.165) is 10.5 Å². The number of nitrogens with zero attached hydrogens (tertiary/aromatic N) is 1. The van der Waals surface area contributed by atoms with E-state index in [9.17, 15) is 9.59 Å². The molecule has 2 aromatic carbocycles. The summed E-state index contributed by atoms with van der Waals surface area (Å²) in [5, 5.41) is 7.59. The van der Waals surface area contributed by atoms with Gasteiger partial charge in [-0.3, -0.25) is 9.59 Å². The molecule has 0 saturated heterocycles. The third-order valence-corrected chi connectivity index (χ3v) is 6.07. The molecule has 2 aromatic heterocycles. The standard InChI is InChI=1S/C22H17N3O3S2/c26-20(18-7-4-13-28-18)24-16-8-10-17(11-9-16)30-19(15-5-2-1-3-6-15)21(27)25-22-23-12-14-29-22/h1-14,19H,(H,24,26)(H,23,25,27). The van der Waals surface area contributed by atoms with Crippen LogP contribution in [0.3, 0.4) is 0 Å². The monoisotopic (exact) mass is 435 g/mol. The van der Waals surface area contributed by atoms with Crippen LogP contribution in [0, 0.1) is 0 Å². The second-order valence-electron chi connectivity index (χ2n) is 6.19. The third-order valence-electron chi connectivity index (χ3n) is 4.11. The van der Waals surface area contributed by atoms with Crippen molar-refractivity contribution in [2.75, 3.05) is 10.6 Å².